The molecule has 1 N–H and O–H groups in total. The highest BCUT2D eigenvalue weighted by Gasteiger charge is 2.27. The predicted molar refractivity (Wildman–Crippen MR) is 112 cm³/mol. The monoisotopic (exact) mass is 397 g/mol. The second-order valence-corrected chi connectivity index (χ2v) is 8.30. The van der Waals surface area contributed by atoms with Crippen LogP contribution in [0, 0.1) is 6.92 Å². The maximum absolute atomic E-state index is 9.56. The number of hydrogen-bond acceptors (Lipinski definition) is 6. The lowest BCUT2D eigenvalue weighted by Gasteiger charge is -2.41. The third-order valence-corrected chi connectivity index (χ3v) is 6.24. The van der Waals surface area contributed by atoms with Gasteiger partial charge in [-0.05, 0) is 30.4 Å². The number of thiophene rings is 1. The minimum Gasteiger partial charge on any atom is -0.440 e. The van der Waals surface area contributed by atoms with E-state index in [0.717, 1.165) is 61.4 Å². The minimum atomic E-state index is 0.218. The van der Waals surface area contributed by atoms with E-state index in [0.29, 0.717) is 6.04 Å². The minimum absolute atomic E-state index is 0.218. The summed E-state index contributed by atoms with van der Waals surface area (Å²) in [4.78, 5) is 10.7. The van der Waals surface area contributed by atoms with Gasteiger partial charge in [0.2, 0.25) is 5.89 Å². The van der Waals surface area contributed by atoms with Gasteiger partial charge in [0.1, 0.15) is 5.76 Å². The van der Waals surface area contributed by atoms with E-state index < -0.39 is 0 Å². The van der Waals surface area contributed by atoms with Crippen molar-refractivity contribution in [2.75, 3.05) is 26.2 Å². The summed E-state index contributed by atoms with van der Waals surface area (Å²) in [7, 11) is 0. The molecule has 4 rings (SSSR count). The number of piperazine rings is 1. The lowest BCUT2D eigenvalue weighted by molar-refractivity contribution is 0.0492. The molecule has 28 heavy (non-hydrogen) atoms. The van der Waals surface area contributed by atoms with E-state index >= 15 is 0 Å². The van der Waals surface area contributed by atoms with Crippen molar-refractivity contribution in [3.63, 3.8) is 0 Å². The fraction of sp³-hybridized carbons (Fsp3) is 0.409. The summed E-state index contributed by atoms with van der Waals surface area (Å²) in [5.41, 5.74) is 2.34. The largest absolute Gasteiger partial charge is 0.440 e. The molecule has 1 aromatic carbocycles. The van der Waals surface area contributed by atoms with Crippen molar-refractivity contribution in [1.29, 1.82) is 0 Å². The molecular formula is C22H27N3O2S. The van der Waals surface area contributed by atoms with Crippen LogP contribution < -0.4 is 0 Å². The van der Waals surface area contributed by atoms with E-state index in [-0.39, 0.29) is 6.61 Å². The molecule has 1 atom stereocenters. The molecule has 0 unspecified atom stereocenters. The molecule has 3 aromatic rings. The van der Waals surface area contributed by atoms with Crippen LogP contribution >= 0.6 is 11.3 Å². The van der Waals surface area contributed by atoms with Gasteiger partial charge in [0.15, 0.2) is 0 Å². The number of nitrogens with zero attached hydrogens (tertiary/aromatic N) is 3. The summed E-state index contributed by atoms with van der Waals surface area (Å²) in [5.74, 6) is 1.62. The molecule has 2 aromatic heterocycles. The normalized spacial score (nSPS) is 18.6. The first-order chi connectivity index (χ1) is 13.7. The quantitative estimate of drug-likeness (QED) is 0.658. The third kappa shape index (κ3) is 4.52. The van der Waals surface area contributed by atoms with Crippen LogP contribution in [-0.2, 0) is 13.1 Å². The molecule has 1 fully saturated rings. The number of aromatic nitrogens is 1. The lowest BCUT2D eigenvalue weighted by Crippen LogP contribution is -2.52. The Morgan fingerprint density at radius 2 is 2.00 bits per heavy atom. The molecule has 0 saturated carbocycles. The maximum atomic E-state index is 9.56. The Morgan fingerprint density at radius 1 is 1.14 bits per heavy atom. The first-order valence-corrected chi connectivity index (χ1v) is 10.7. The molecule has 1 aliphatic rings. The first-order valence-electron chi connectivity index (χ1n) is 9.84. The highest BCUT2D eigenvalue weighted by molar-refractivity contribution is 7.13. The van der Waals surface area contributed by atoms with Gasteiger partial charge in [-0.2, -0.15) is 0 Å². The highest BCUT2D eigenvalue weighted by atomic mass is 32.1. The van der Waals surface area contributed by atoms with Crippen LogP contribution in [0.1, 0.15) is 23.4 Å². The summed E-state index contributed by atoms with van der Waals surface area (Å²) in [5, 5.41) is 11.6. The van der Waals surface area contributed by atoms with Crippen LogP contribution in [0.5, 0.6) is 0 Å². The fourth-order valence-electron chi connectivity index (χ4n) is 3.84. The summed E-state index contributed by atoms with van der Waals surface area (Å²) >= 11 is 1.65. The van der Waals surface area contributed by atoms with Crippen LogP contribution in [-0.4, -0.2) is 52.2 Å². The van der Waals surface area contributed by atoms with Gasteiger partial charge in [0.25, 0.3) is 0 Å². The SMILES string of the molecule is Cc1oc(-c2cccs2)nc1CN1CCN(Cc2ccccc2)[C@@H](CCO)C1. The number of benzene rings is 1. The molecular weight excluding hydrogens is 370 g/mol. The molecule has 6 heteroatoms. The Balaban J connectivity index is 1.41. The molecule has 1 saturated heterocycles. The summed E-state index contributed by atoms with van der Waals surface area (Å²) < 4.78 is 5.90. The van der Waals surface area contributed by atoms with Crippen molar-refractivity contribution in [1.82, 2.24) is 14.8 Å². The fourth-order valence-corrected chi connectivity index (χ4v) is 4.49. The van der Waals surface area contributed by atoms with Gasteiger partial charge >= 0.3 is 0 Å². The molecule has 5 nitrogen and oxygen atoms in total. The zero-order valence-electron chi connectivity index (χ0n) is 16.3. The summed E-state index contributed by atoms with van der Waals surface area (Å²) in [6.07, 6.45) is 0.793. The van der Waals surface area contributed by atoms with Gasteiger partial charge in [-0.1, -0.05) is 36.4 Å². The molecule has 0 bridgehead atoms. The molecule has 3 heterocycles. The van der Waals surface area contributed by atoms with Crippen molar-refractivity contribution in [2.45, 2.75) is 32.5 Å². The molecule has 1 aliphatic heterocycles. The second-order valence-electron chi connectivity index (χ2n) is 7.36. The maximum Gasteiger partial charge on any atom is 0.236 e. The zero-order chi connectivity index (χ0) is 19.3. The van der Waals surface area contributed by atoms with E-state index in [4.69, 9.17) is 9.40 Å². The van der Waals surface area contributed by atoms with Gasteiger partial charge in [0, 0.05) is 45.4 Å². The van der Waals surface area contributed by atoms with E-state index in [9.17, 15) is 5.11 Å². The van der Waals surface area contributed by atoms with E-state index in [1.807, 2.05) is 24.4 Å². The Morgan fingerprint density at radius 3 is 2.75 bits per heavy atom. The zero-order valence-corrected chi connectivity index (χ0v) is 17.1. The van der Waals surface area contributed by atoms with E-state index in [1.54, 1.807) is 11.3 Å². The van der Waals surface area contributed by atoms with Crippen LogP contribution in [0.4, 0.5) is 0 Å². The van der Waals surface area contributed by atoms with Crippen LogP contribution in [0.2, 0.25) is 0 Å². The van der Waals surface area contributed by atoms with Gasteiger partial charge in [0.05, 0.1) is 10.6 Å². The van der Waals surface area contributed by atoms with Crippen molar-refractivity contribution in [3.8, 4) is 10.8 Å². The summed E-state index contributed by atoms with van der Waals surface area (Å²) in [6.45, 7) is 6.87. The van der Waals surface area contributed by atoms with Crippen molar-refractivity contribution in [3.05, 3.63) is 64.9 Å². The average Bonchev–Trinajstić information content (AvgIpc) is 3.35. The smallest absolute Gasteiger partial charge is 0.236 e. The summed E-state index contributed by atoms with van der Waals surface area (Å²) in [6, 6.07) is 15.0. The van der Waals surface area contributed by atoms with Gasteiger partial charge in [-0.3, -0.25) is 9.80 Å². The molecule has 148 valence electrons. The lowest BCUT2D eigenvalue weighted by atomic mass is 10.1. The van der Waals surface area contributed by atoms with Crippen LogP contribution in [0.15, 0.2) is 52.3 Å². The molecule has 0 spiro atoms. The highest BCUT2D eigenvalue weighted by Crippen LogP contribution is 2.27. The molecule has 0 aliphatic carbocycles. The predicted octanol–water partition coefficient (Wildman–Crippen LogP) is 3.78. The molecule has 0 amide bonds. The standard InChI is InChI=1S/C22H27N3O2S/c1-17-20(23-22(27-17)21-8-5-13-28-21)16-24-10-11-25(19(15-24)9-12-26)14-18-6-3-2-4-7-18/h2-8,13,19,26H,9-12,14-16H2,1H3/t19-/m0/s1. The Labute approximate surface area is 170 Å². The van der Waals surface area contributed by atoms with Gasteiger partial charge < -0.3 is 9.52 Å². The van der Waals surface area contributed by atoms with Crippen LogP contribution in [0.25, 0.3) is 10.8 Å². The molecule has 0 radical (unpaired) electrons. The Kier molecular flexibility index (Phi) is 6.22. The number of rotatable bonds is 7. The van der Waals surface area contributed by atoms with Gasteiger partial charge in [-0.15, -0.1) is 11.3 Å². The number of hydrogen-bond donors (Lipinski definition) is 1. The number of aliphatic hydroxyl groups is 1. The van der Waals surface area contributed by atoms with E-state index in [2.05, 4.69) is 40.1 Å². The van der Waals surface area contributed by atoms with Crippen molar-refractivity contribution < 1.29 is 9.52 Å². The Bertz CT molecular complexity index is 863. The van der Waals surface area contributed by atoms with Crippen LogP contribution in [0.3, 0.4) is 0 Å². The number of aryl methyl sites for hydroxylation is 1. The Hall–Kier alpha value is -1.99. The van der Waals surface area contributed by atoms with Gasteiger partial charge in [-0.25, -0.2) is 4.98 Å². The third-order valence-electron chi connectivity index (χ3n) is 5.38. The number of oxazole rings is 1. The number of aliphatic hydroxyl groups excluding tert-OH is 1. The second kappa shape index (κ2) is 9.01. The van der Waals surface area contributed by atoms with E-state index in [1.165, 1.54) is 5.56 Å². The van der Waals surface area contributed by atoms with Crippen molar-refractivity contribution in [2.24, 2.45) is 0 Å². The van der Waals surface area contributed by atoms with Crippen molar-refractivity contribution >= 4 is 11.3 Å². The average molecular weight is 398 g/mol. The first kappa shape index (κ1) is 19.3. The topological polar surface area (TPSA) is 52.7 Å².